The maximum absolute atomic E-state index is 12.7. The second-order valence-electron chi connectivity index (χ2n) is 13.5. The smallest absolute Gasteiger partial charge is 0.392 e. The van der Waals surface area contributed by atoms with E-state index in [-0.39, 0.29) is 50.0 Å². The van der Waals surface area contributed by atoms with E-state index >= 15 is 0 Å². The molecular weight excluding hydrogens is 564 g/mol. The van der Waals surface area contributed by atoms with E-state index in [9.17, 15) is 58.9 Å². The Bertz CT molecular complexity index is 1130. The summed E-state index contributed by atoms with van der Waals surface area (Å²) in [7, 11) is -5.19. The van der Waals surface area contributed by atoms with Gasteiger partial charge in [0.2, 0.25) is 0 Å². The molecule has 0 radical (unpaired) electrons. The summed E-state index contributed by atoms with van der Waals surface area (Å²) in [6.45, 7) is 8.12. The first-order valence-electron chi connectivity index (χ1n) is 14.2. The molecule has 0 bridgehead atoms. The lowest BCUT2D eigenvalue weighted by Crippen LogP contribution is -2.88. The van der Waals surface area contributed by atoms with Crippen LogP contribution in [0, 0.1) is 28.6 Å². The van der Waals surface area contributed by atoms with Crippen LogP contribution in [0.2, 0.25) is 0 Å². The molecule has 0 spiro atoms. The lowest BCUT2D eigenvalue weighted by Gasteiger charge is -2.72. The Labute approximate surface area is 240 Å². The fraction of sp³-hybridized carbons (Fsp3) is 0.926. The average molecular weight is 611 g/mol. The van der Waals surface area contributed by atoms with Crippen molar-refractivity contribution in [1.29, 1.82) is 0 Å². The van der Waals surface area contributed by atoms with Crippen LogP contribution in [0.4, 0.5) is 0 Å². The van der Waals surface area contributed by atoms with Gasteiger partial charge in [0.1, 0.15) is 41.2 Å². The number of fused-ring (bicyclic) bond motifs is 5. The van der Waals surface area contributed by atoms with Crippen LogP contribution in [0.5, 0.6) is 0 Å². The van der Waals surface area contributed by atoms with Gasteiger partial charge in [-0.1, -0.05) is 27.4 Å². The quantitative estimate of drug-likeness (QED) is 0.110. The Balaban J connectivity index is 1.83. The Hall–Kier alpha value is -0.750. The Morgan fingerprint density at radius 1 is 0.951 bits per heavy atom. The van der Waals surface area contributed by atoms with Gasteiger partial charge < -0.3 is 46.0 Å². The minimum absolute atomic E-state index is 0.0123. The minimum atomic E-state index is -5.19. The third kappa shape index (κ3) is 4.32. The molecule has 4 aliphatic carbocycles. The Morgan fingerprint density at radius 2 is 1.51 bits per heavy atom. The number of hydrogen-bond donors (Lipinski definition) is 10. The number of aliphatic hydroxyl groups excluding tert-OH is 6. The van der Waals surface area contributed by atoms with Crippen LogP contribution in [0.1, 0.15) is 65.7 Å². The van der Waals surface area contributed by atoms with E-state index in [0.717, 1.165) is 0 Å². The summed E-state index contributed by atoms with van der Waals surface area (Å²) in [6, 6.07) is 0. The van der Waals surface area contributed by atoms with Crippen molar-refractivity contribution < 1.29 is 63.1 Å². The zero-order valence-electron chi connectivity index (χ0n) is 23.7. The molecule has 4 aliphatic rings. The van der Waals surface area contributed by atoms with Gasteiger partial charge in [0, 0.05) is 16.7 Å². The molecular formula is C27H46O13S. The van der Waals surface area contributed by atoms with Crippen LogP contribution in [0.15, 0.2) is 12.2 Å². The van der Waals surface area contributed by atoms with Crippen molar-refractivity contribution >= 4 is 10.4 Å². The molecule has 0 aromatic carbocycles. The van der Waals surface area contributed by atoms with Gasteiger partial charge in [-0.2, -0.15) is 8.42 Å². The van der Waals surface area contributed by atoms with E-state index in [0.29, 0.717) is 6.42 Å². The minimum Gasteiger partial charge on any atom is -0.392 e. The highest BCUT2D eigenvalue weighted by molar-refractivity contribution is 7.80. The highest BCUT2D eigenvalue weighted by Crippen LogP contribution is 2.72. The highest BCUT2D eigenvalue weighted by atomic mass is 32.3. The Kier molecular flexibility index (Phi) is 8.42. The largest absolute Gasteiger partial charge is 0.397 e. The standard InChI is InChI=1S/C27H46O13S/c1-13(5-6-16(29)14(2)12-28)15-11-19(40-41(37,38)39)27(36)23(15,3)10-8-18-24(4)9-7-17(30)20(31)26(24,35)22(33)21(32)25(18,27)34/h13,15-22,28-36H,2,5-12H2,1,3-4H3,(H,37,38,39)/t13-,15-,16?,17?,18-,19?,20?,21?,22?,23-,24-,25-,26+,27+/m1/s1. The van der Waals surface area contributed by atoms with Crippen LogP contribution in [-0.2, 0) is 14.6 Å². The van der Waals surface area contributed by atoms with Gasteiger partial charge in [-0.05, 0) is 62.4 Å². The molecule has 238 valence electrons. The fourth-order valence-corrected chi connectivity index (χ4v) is 10.0. The van der Waals surface area contributed by atoms with Crippen molar-refractivity contribution in [3.05, 3.63) is 12.2 Å². The van der Waals surface area contributed by atoms with Crippen molar-refractivity contribution in [3.63, 3.8) is 0 Å². The molecule has 4 fully saturated rings. The Morgan fingerprint density at radius 3 is 2.07 bits per heavy atom. The van der Waals surface area contributed by atoms with Crippen LogP contribution in [0.3, 0.4) is 0 Å². The van der Waals surface area contributed by atoms with E-state index in [1.54, 1.807) is 6.92 Å². The third-order valence-electron chi connectivity index (χ3n) is 11.9. The van der Waals surface area contributed by atoms with Crippen molar-refractivity contribution in [2.75, 3.05) is 6.61 Å². The third-order valence-corrected chi connectivity index (χ3v) is 12.3. The maximum Gasteiger partial charge on any atom is 0.397 e. The van der Waals surface area contributed by atoms with E-state index in [4.69, 9.17) is 4.18 Å². The first-order valence-corrected chi connectivity index (χ1v) is 15.6. The van der Waals surface area contributed by atoms with Gasteiger partial charge >= 0.3 is 10.4 Å². The lowest BCUT2D eigenvalue weighted by atomic mass is 9.38. The molecule has 14 atom stereocenters. The van der Waals surface area contributed by atoms with E-state index in [1.165, 1.54) is 6.92 Å². The molecule has 41 heavy (non-hydrogen) atoms. The van der Waals surface area contributed by atoms with Crippen LogP contribution in [-0.4, -0.2) is 119 Å². The van der Waals surface area contributed by atoms with Crippen molar-refractivity contribution in [2.45, 2.75) is 119 Å². The van der Waals surface area contributed by atoms with Crippen molar-refractivity contribution in [3.8, 4) is 0 Å². The molecule has 0 saturated heterocycles. The zero-order valence-corrected chi connectivity index (χ0v) is 24.5. The second kappa shape index (κ2) is 10.4. The predicted molar refractivity (Wildman–Crippen MR) is 142 cm³/mol. The average Bonchev–Trinajstić information content (AvgIpc) is 3.13. The second-order valence-corrected chi connectivity index (χ2v) is 14.6. The SMILES string of the molecule is C=C(CO)C(O)CC[C@@H](C)[C@H]1CC(OS(=O)(=O)O)[C@]2(O)[C@]1(C)CC[C@@H]1[C@@]3(C)CCC(O)C(O)[C@]3(O)C(O)C(O)[C@]12O. The molecule has 6 unspecified atom stereocenters. The highest BCUT2D eigenvalue weighted by Gasteiger charge is 2.84. The van der Waals surface area contributed by atoms with Gasteiger partial charge in [-0.25, -0.2) is 4.18 Å². The molecule has 0 aliphatic heterocycles. The predicted octanol–water partition coefficient (Wildman–Crippen LogP) is -1.61. The summed E-state index contributed by atoms with van der Waals surface area (Å²) >= 11 is 0. The molecule has 14 heteroatoms. The first kappa shape index (κ1) is 33.1. The summed E-state index contributed by atoms with van der Waals surface area (Å²) in [5, 5.41) is 101. The topological polar surface area (TPSA) is 246 Å². The number of rotatable bonds is 8. The molecule has 4 rings (SSSR count). The molecule has 0 heterocycles. The lowest BCUT2D eigenvalue weighted by molar-refractivity contribution is -0.400. The molecule has 13 nitrogen and oxygen atoms in total. The summed E-state index contributed by atoms with van der Waals surface area (Å²) in [5.74, 6) is -2.14. The monoisotopic (exact) mass is 610 g/mol. The van der Waals surface area contributed by atoms with Crippen LogP contribution >= 0.6 is 0 Å². The van der Waals surface area contributed by atoms with E-state index < -0.39 is 93.1 Å². The van der Waals surface area contributed by atoms with E-state index in [1.807, 2.05) is 6.92 Å². The fourth-order valence-electron chi connectivity index (χ4n) is 9.50. The van der Waals surface area contributed by atoms with Gasteiger partial charge in [-0.3, -0.25) is 4.55 Å². The van der Waals surface area contributed by atoms with Gasteiger partial charge in [0.25, 0.3) is 0 Å². The number of hydrogen-bond acceptors (Lipinski definition) is 12. The van der Waals surface area contributed by atoms with E-state index in [2.05, 4.69) is 6.58 Å². The molecule has 4 saturated carbocycles. The summed E-state index contributed by atoms with van der Waals surface area (Å²) in [6.07, 6.45) is -10.2. The normalized spacial score (nSPS) is 51.3. The molecule has 0 aromatic heterocycles. The van der Waals surface area contributed by atoms with Crippen molar-refractivity contribution in [2.24, 2.45) is 28.6 Å². The zero-order chi connectivity index (χ0) is 31.1. The molecule has 10 N–H and O–H groups in total. The van der Waals surface area contributed by atoms with Gasteiger partial charge in [0.05, 0.1) is 18.8 Å². The maximum atomic E-state index is 12.7. The van der Waals surface area contributed by atoms with Crippen molar-refractivity contribution in [1.82, 2.24) is 0 Å². The first-order chi connectivity index (χ1) is 18.7. The van der Waals surface area contributed by atoms with Gasteiger partial charge in [-0.15, -0.1) is 0 Å². The molecule has 0 aromatic rings. The van der Waals surface area contributed by atoms with Crippen LogP contribution < -0.4 is 0 Å². The van der Waals surface area contributed by atoms with Gasteiger partial charge in [0.15, 0.2) is 0 Å². The van der Waals surface area contributed by atoms with Crippen LogP contribution in [0.25, 0.3) is 0 Å². The summed E-state index contributed by atoms with van der Waals surface area (Å²) in [4.78, 5) is 0. The summed E-state index contributed by atoms with van der Waals surface area (Å²) in [5.41, 5.74) is -10.5. The number of aliphatic hydroxyl groups is 9. The molecule has 0 amide bonds. The summed E-state index contributed by atoms with van der Waals surface area (Å²) < 4.78 is 38.7.